The first-order valence-corrected chi connectivity index (χ1v) is 10.9. The van der Waals surface area contributed by atoms with Crippen molar-refractivity contribution in [1.82, 2.24) is 16.0 Å². The zero-order chi connectivity index (χ0) is 24.3. The van der Waals surface area contributed by atoms with Gasteiger partial charge >= 0.3 is 0 Å². The fourth-order valence-electron chi connectivity index (χ4n) is 2.89. The molecule has 178 valence electrons. The lowest BCUT2D eigenvalue weighted by Crippen LogP contribution is -2.56. The molecule has 0 aliphatic carbocycles. The highest BCUT2D eigenvalue weighted by Crippen LogP contribution is 2.11. The Hall–Kier alpha value is -2.81. The molecule has 0 aromatic heterocycles. The zero-order valence-corrected chi connectivity index (χ0v) is 19.2. The largest absolute Gasteiger partial charge is 0.387 e. The van der Waals surface area contributed by atoms with Crippen LogP contribution in [-0.2, 0) is 20.9 Å². The van der Waals surface area contributed by atoms with E-state index in [2.05, 4.69) is 16.0 Å². The van der Waals surface area contributed by atoms with Crippen LogP contribution in [0.25, 0.3) is 0 Å². The molecule has 1 aromatic carbocycles. The molecular formula is C23H35FN4O4. The smallest absolute Gasteiger partial charge is 0.243 e. The zero-order valence-electron chi connectivity index (χ0n) is 19.2. The van der Waals surface area contributed by atoms with E-state index >= 15 is 0 Å². The Morgan fingerprint density at radius 1 is 1.03 bits per heavy atom. The molecular weight excluding hydrogens is 415 g/mol. The Morgan fingerprint density at radius 2 is 1.66 bits per heavy atom. The third kappa shape index (κ3) is 9.13. The molecule has 1 aromatic rings. The summed E-state index contributed by atoms with van der Waals surface area (Å²) < 4.78 is 13.1. The Bertz CT molecular complexity index is 770. The minimum absolute atomic E-state index is 0.100. The van der Waals surface area contributed by atoms with Crippen molar-refractivity contribution < 1.29 is 23.9 Å². The molecule has 8 nitrogen and oxygen atoms in total. The van der Waals surface area contributed by atoms with E-state index in [9.17, 15) is 23.9 Å². The average Bonchev–Trinajstić information content (AvgIpc) is 2.78. The van der Waals surface area contributed by atoms with Gasteiger partial charge in [0.2, 0.25) is 17.7 Å². The summed E-state index contributed by atoms with van der Waals surface area (Å²) in [6, 6.07) is 3.88. The van der Waals surface area contributed by atoms with E-state index in [4.69, 9.17) is 5.41 Å². The summed E-state index contributed by atoms with van der Waals surface area (Å²) in [4.78, 5) is 38.0. The monoisotopic (exact) mass is 450 g/mol. The average molecular weight is 451 g/mol. The first-order chi connectivity index (χ1) is 15.1. The van der Waals surface area contributed by atoms with Crippen LogP contribution >= 0.6 is 0 Å². The summed E-state index contributed by atoms with van der Waals surface area (Å²) in [6.07, 6.45) is 0.670. The molecule has 5 N–H and O–H groups in total. The van der Waals surface area contributed by atoms with Gasteiger partial charge in [0.05, 0.1) is 6.10 Å². The quantitative estimate of drug-likeness (QED) is 0.294. The molecule has 2 unspecified atom stereocenters. The van der Waals surface area contributed by atoms with Gasteiger partial charge in [-0.3, -0.25) is 14.4 Å². The van der Waals surface area contributed by atoms with Gasteiger partial charge in [0, 0.05) is 18.7 Å². The van der Waals surface area contributed by atoms with Gasteiger partial charge in [0.25, 0.3) is 0 Å². The number of carbonyl (C=O) groups is 3. The number of benzene rings is 1. The van der Waals surface area contributed by atoms with Gasteiger partial charge in [-0.05, 0) is 36.5 Å². The van der Waals surface area contributed by atoms with Crippen LogP contribution < -0.4 is 16.0 Å². The van der Waals surface area contributed by atoms with E-state index in [1.54, 1.807) is 26.0 Å². The summed E-state index contributed by atoms with van der Waals surface area (Å²) >= 11 is 0. The molecule has 0 radical (unpaired) electrons. The Labute approximate surface area is 188 Å². The van der Waals surface area contributed by atoms with E-state index in [0.29, 0.717) is 12.0 Å². The van der Waals surface area contributed by atoms with E-state index in [1.807, 2.05) is 13.8 Å². The van der Waals surface area contributed by atoms with Gasteiger partial charge < -0.3 is 26.5 Å². The van der Waals surface area contributed by atoms with Crippen LogP contribution in [0.2, 0.25) is 0 Å². The maximum absolute atomic E-state index is 13.1. The molecule has 1 rings (SSSR count). The third-order valence-electron chi connectivity index (χ3n) is 5.27. The second kappa shape index (κ2) is 13.6. The SMILES string of the molecule is CCC(C)[C@H](NC(=O)C(C)C)C(=O)N[C@@H](CCC(O)C=N)C(=O)NCc1ccc(F)cc1. The molecule has 0 aliphatic rings. The molecule has 3 amide bonds. The molecule has 4 atom stereocenters. The fourth-order valence-corrected chi connectivity index (χ4v) is 2.89. The molecule has 0 bridgehead atoms. The first-order valence-electron chi connectivity index (χ1n) is 10.9. The number of carbonyl (C=O) groups excluding carboxylic acids is 3. The summed E-state index contributed by atoms with van der Waals surface area (Å²) in [5.41, 5.74) is 0.686. The van der Waals surface area contributed by atoms with Crippen molar-refractivity contribution in [3.8, 4) is 0 Å². The Balaban J connectivity index is 2.92. The molecule has 0 heterocycles. The minimum Gasteiger partial charge on any atom is -0.387 e. The van der Waals surface area contributed by atoms with Crippen molar-refractivity contribution in [2.24, 2.45) is 11.8 Å². The topological polar surface area (TPSA) is 131 Å². The van der Waals surface area contributed by atoms with Crippen LogP contribution in [0.4, 0.5) is 4.39 Å². The molecule has 32 heavy (non-hydrogen) atoms. The maximum Gasteiger partial charge on any atom is 0.243 e. The predicted octanol–water partition coefficient (Wildman–Crippen LogP) is 1.90. The van der Waals surface area contributed by atoms with Crippen LogP contribution in [0.1, 0.15) is 52.5 Å². The van der Waals surface area contributed by atoms with Gasteiger partial charge in [0.1, 0.15) is 17.9 Å². The number of hydrogen-bond acceptors (Lipinski definition) is 5. The number of amides is 3. The van der Waals surface area contributed by atoms with Crippen LogP contribution in [0.15, 0.2) is 24.3 Å². The van der Waals surface area contributed by atoms with Crippen LogP contribution in [0, 0.1) is 23.1 Å². The summed E-state index contributed by atoms with van der Waals surface area (Å²) in [7, 11) is 0. The third-order valence-corrected chi connectivity index (χ3v) is 5.27. The highest BCUT2D eigenvalue weighted by Gasteiger charge is 2.30. The highest BCUT2D eigenvalue weighted by molar-refractivity contribution is 5.92. The fraction of sp³-hybridized carbons (Fsp3) is 0.565. The number of hydrogen-bond donors (Lipinski definition) is 5. The van der Waals surface area contributed by atoms with Crippen molar-refractivity contribution in [3.63, 3.8) is 0 Å². The lowest BCUT2D eigenvalue weighted by atomic mass is 9.96. The van der Waals surface area contributed by atoms with Gasteiger partial charge in [-0.2, -0.15) is 0 Å². The van der Waals surface area contributed by atoms with E-state index < -0.39 is 30.0 Å². The number of aliphatic hydroxyl groups is 1. The number of rotatable bonds is 13. The van der Waals surface area contributed by atoms with E-state index in [1.165, 1.54) is 12.1 Å². The van der Waals surface area contributed by atoms with Crippen molar-refractivity contribution in [1.29, 1.82) is 5.41 Å². The van der Waals surface area contributed by atoms with E-state index in [0.717, 1.165) is 6.21 Å². The van der Waals surface area contributed by atoms with Crippen molar-refractivity contribution >= 4 is 23.9 Å². The maximum atomic E-state index is 13.1. The summed E-state index contributed by atoms with van der Waals surface area (Å²) in [6.45, 7) is 7.33. The van der Waals surface area contributed by atoms with Crippen molar-refractivity contribution in [3.05, 3.63) is 35.6 Å². The van der Waals surface area contributed by atoms with Crippen LogP contribution in [0.3, 0.4) is 0 Å². The Kier molecular flexibility index (Phi) is 11.5. The van der Waals surface area contributed by atoms with Gasteiger partial charge in [-0.1, -0.05) is 46.2 Å². The van der Waals surface area contributed by atoms with Gasteiger partial charge in [-0.15, -0.1) is 0 Å². The normalized spacial score (nSPS) is 14.7. The Morgan fingerprint density at radius 3 is 2.19 bits per heavy atom. The highest BCUT2D eigenvalue weighted by atomic mass is 19.1. The lowest BCUT2D eigenvalue weighted by Gasteiger charge is -2.27. The van der Waals surface area contributed by atoms with Crippen LogP contribution in [-0.4, -0.2) is 47.2 Å². The molecule has 0 aliphatic heterocycles. The predicted molar refractivity (Wildman–Crippen MR) is 120 cm³/mol. The van der Waals surface area contributed by atoms with Crippen molar-refractivity contribution in [2.45, 2.75) is 71.7 Å². The van der Waals surface area contributed by atoms with Gasteiger partial charge in [0.15, 0.2) is 0 Å². The minimum atomic E-state index is -1.04. The van der Waals surface area contributed by atoms with Crippen LogP contribution in [0.5, 0.6) is 0 Å². The molecule has 0 spiro atoms. The lowest BCUT2D eigenvalue weighted by molar-refractivity contribution is -0.134. The number of nitrogens with one attached hydrogen (secondary N) is 4. The molecule has 0 fully saturated rings. The summed E-state index contributed by atoms with van der Waals surface area (Å²) in [5.74, 6) is -2.07. The molecule has 9 heteroatoms. The molecule has 0 saturated carbocycles. The van der Waals surface area contributed by atoms with E-state index in [-0.39, 0.29) is 42.9 Å². The number of halogens is 1. The number of aliphatic hydroxyl groups excluding tert-OH is 1. The van der Waals surface area contributed by atoms with Gasteiger partial charge in [-0.25, -0.2) is 4.39 Å². The summed E-state index contributed by atoms with van der Waals surface area (Å²) in [5, 5.41) is 25.0. The van der Waals surface area contributed by atoms with Crippen molar-refractivity contribution in [2.75, 3.05) is 0 Å². The second-order valence-electron chi connectivity index (χ2n) is 8.24. The second-order valence-corrected chi connectivity index (χ2v) is 8.24. The molecule has 0 saturated heterocycles. The standard InChI is InChI=1S/C23H35FN4O4/c1-5-15(4)20(28-21(30)14(2)3)23(32)27-19(11-10-18(29)12-25)22(31)26-13-16-6-8-17(24)9-7-16/h6-9,12,14-15,18-20,25,29H,5,10-11,13H2,1-4H3,(H,26,31)(H,27,32)(H,28,30)/t15?,18?,19-,20-/m0/s1. The first kappa shape index (κ1) is 27.2.